The van der Waals surface area contributed by atoms with E-state index in [4.69, 9.17) is 4.74 Å². The van der Waals surface area contributed by atoms with Gasteiger partial charge in [0.15, 0.2) is 0 Å². The third-order valence-corrected chi connectivity index (χ3v) is 6.75. The number of amides is 2. The van der Waals surface area contributed by atoms with E-state index in [9.17, 15) is 29.5 Å². The zero-order chi connectivity index (χ0) is 22.0. The number of hydrogen-bond donors (Lipinski definition) is 2. The molecule has 11 nitrogen and oxygen atoms in total. The fourth-order valence-corrected chi connectivity index (χ4v) is 5.35. The van der Waals surface area contributed by atoms with Gasteiger partial charge in [-0.2, -0.15) is 0 Å². The van der Waals surface area contributed by atoms with E-state index in [0.29, 0.717) is 16.2 Å². The lowest BCUT2D eigenvalue weighted by Crippen LogP contribution is -2.70. The Labute approximate surface area is 179 Å². The first-order chi connectivity index (χ1) is 14.2. The predicted octanol–water partition coefficient (Wildman–Crippen LogP) is -0.467. The third-order valence-electron chi connectivity index (χ3n) is 4.33. The molecule has 3 heterocycles. The van der Waals surface area contributed by atoms with Gasteiger partial charge in [-0.1, -0.05) is 0 Å². The average molecular weight is 454 g/mol. The standard InChI is InChI=1S/C17H18N4O7S2/c1-8(22)5-10(23)18-13-15(24)20-14(17(25)26)9(7-30-16(13)20)6-29-12-4-3-11(28-2)19-21(12)27/h3-4,13,16H,5-7H2,1-2H3,(H,18,23)(H,25,26)/t13?,16-/m0/s1. The number of hydrogen-bond acceptors (Lipinski definition) is 9. The van der Waals surface area contributed by atoms with Crippen molar-refractivity contribution < 1.29 is 33.9 Å². The maximum atomic E-state index is 12.5. The van der Waals surface area contributed by atoms with Crippen LogP contribution in [0.25, 0.3) is 0 Å². The number of carbonyl (C=O) groups excluding carboxylic acids is 3. The Bertz CT molecular complexity index is 952. The lowest BCUT2D eigenvalue weighted by atomic mass is 10.0. The minimum absolute atomic E-state index is 0.146. The van der Waals surface area contributed by atoms with Crippen molar-refractivity contribution >= 4 is 47.1 Å². The predicted molar refractivity (Wildman–Crippen MR) is 105 cm³/mol. The molecule has 1 aromatic heterocycles. The van der Waals surface area contributed by atoms with Gasteiger partial charge < -0.3 is 20.4 Å². The first-order valence-electron chi connectivity index (χ1n) is 8.69. The van der Waals surface area contributed by atoms with E-state index in [1.165, 1.54) is 37.9 Å². The summed E-state index contributed by atoms with van der Waals surface area (Å²) < 4.78 is 4.87. The van der Waals surface area contributed by atoms with Crippen molar-refractivity contribution in [1.82, 2.24) is 15.3 Å². The SMILES string of the molecule is COc1ccc(SCC2=C(C(=O)O)N3C(=O)C(NC(=O)CC(C)=O)[C@@H]3SC2)[n+]([O-])n1. The number of aromatic nitrogens is 2. The van der Waals surface area contributed by atoms with Crippen LogP contribution < -0.4 is 14.9 Å². The van der Waals surface area contributed by atoms with Crippen LogP contribution in [0, 0.1) is 5.21 Å². The van der Waals surface area contributed by atoms with Gasteiger partial charge in [0.2, 0.25) is 5.91 Å². The molecule has 1 fully saturated rings. The van der Waals surface area contributed by atoms with Gasteiger partial charge in [-0.05, 0) is 29.1 Å². The number of methoxy groups -OCH3 is 1. The van der Waals surface area contributed by atoms with Crippen LogP contribution in [0.2, 0.25) is 0 Å². The number of rotatable bonds is 8. The highest BCUT2D eigenvalue weighted by Gasteiger charge is 2.54. The summed E-state index contributed by atoms with van der Waals surface area (Å²) in [5, 5.41) is 27.4. The Hall–Kier alpha value is -2.80. The molecule has 0 bridgehead atoms. The highest BCUT2D eigenvalue weighted by molar-refractivity contribution is 8.01. The summed E-state index contributed by atoms with van der Waals surface area (Å²) in [4.78, 5) is 48.7. The van der Waals surface area contributed by atoms with Gasteiger partial charge in [-0.25, -0.2) is 4.79 Å². The molecular formula is C17H18N4O7S2. The van der Waals surface area contributed by atoms with E-state index >= 15 is 0 Å². The number of thioether (sulfide) groups is 2. The number of β-lactam (4-membered cyclic amide) rings is 1. The number of carboxylic acids is 1. The average Bonchev–Trinajstić information content (AvgIpc) is 2.69. The Morgan fingerprint density at radius 3 is 2.80 bits per heavy atom. The topological polar surface area (TPSA) is 153 Å². The van der Waals surface area contributed by atoms with Crippen molar-refractivity contribution in [2.24, 2.45) is 0 Å². The van der Waals surface area contributed by atoms with Crippen molar-refractivity contribution in [3.05, 3.63) is 28.6 Å². The number of carboxylic acid groups (broad SMARTS) is 1. The molecular weight excluding hydrogens is 436 g/mol. The maximum absolute atomic E-state index is 12.5. The molecule has 30 heavy (non-hydrogen) atoms. The highest BCUT2D eigenvalue weighted by Crippen LogP contribution is 2.41. The number of nitrogens with one attached hydrogen (secondary N) is 1. The van der Waals surface area contributed by atoms with E-state index in [1.54, 1.807) is 0 Å². The summed E-state index contributed by atoms with van der Waals surface area (Å²) in [5.74, 6) is -2.08. The second kappa shape index (κ2) is 8.92. The van der Waals surface area contributed by atoms with Crippen LogP contribution in [0.1, 0.15) is 13.3 Å². The molecule has 0 radical (unpaired) electrons. The quantitative estimate of drug-likeness (QED) is 0.173. The Kier molecular flexibility index (Phi) is 6.51. The van der Waals surface area contributed by atoms with Gasteiger partial charge in [0.1, 0.15) is 22.9 Å². The first-order valence-corrected chi connectivity index (χ1v) is 10.7. The molecule has 2 atom stereocenters. The smallest absolute Gasteiger partial charge is 0.352 e. The molecule has 13 heteroatoms. The van der Waals surface area contributed by atoms with E-state index < -0.39 is 29.2 Å². The van der Waals surface area contributed by atoms with Crippen LogP contribution in [0.4, 0.5) is 0 Å². The lowest BCUT2D eigenvalue weighted by molar-refractivity contribution is -0.706. The van der Waals surface area contributed by atoms with Gasteiger partial charge in [-0.15, -0.1) is 11.8 Å². The van der Waals surface area contributed by atoms with Gasteiger partial charge in [0.25, 0.3) is 16.8 Å². The van der Waals surface area contributed by atoms with E-state index in [2.05, 4.69) is 10.4 Å². The summed E-state index contributed by atoms with van der Waals surface area (Å²) in [6, 6.07) is 2.15. The van der Waals surface area contributed by atoms with Crippen molar-refractivity contribution in [1.29, 1.82) is 0 Å². The van der Waals surface area contributed by atoms with Gasteiger partial charge in [0.05, 0.1) is 18.6 Å². The maximum Gasteiger partial charge on any atom is 0.352 e. The molecule has 2 aliphatic heterocycles. The van der Waals surface area contributed by atoms with Crippen molar-refractivity contribution in [3.63, 3.8) is 0 Å². The molecule has 160 valence electrons. The molecule has 0 spiro atoms. The minimum atomic E-state index is -1.26. The van der Waals surface area contributed by atoms with Crippen LogP contribution in [-0.2, 0) is 19.2 Å². The van der Waals surface area contributed by atoms with Crippen LogP contribution in [-0.4, -0.2) is 68.7 Å². The monoisotopic (exact) mass is 454 g/mol. The van der Waals surface area contributed by atoms with E-state index in [0.717, 1.165) is 16.7 Å². The largest absolute Gasteiger partial charge is 0.593 e. The summed E-state index contributed by atoms with van der Waals surface area (Å²) in [7, 11) is 1.38. The molecule has 2 aliphatic rings. The number of Topliss-reactive ketones (excluding diaryl/α,β-unsaturated/α-hetero) is 1. The number of fused-ring (bicyclic) bond motifs is 1. The number of ether oxygens (including phenoxy) is 1. The van der Waals surface area contributed by atoms with Crippen molar-refractivity contribution in [2.45, 2.75) is 29.8 Å². The van der Waals surface area contributed by atoms with Crippen molar-refractivity contribution in [2.75, 3.05) is 18.6 Å². The second-order valence-corrected chi connectivity index (χ2v) is 8.57. The Balaban J connectivity index is 1.73. The summed E-state index contributed by atoms with van der Waals surface area (Å²) in [5.41, 5.74) is 0.332. The van der Waals surface area contributed by atoms with E-state index in [1.807, 2.05) is 0 Å². The van der Waals surface area contributed by atoms with Crippen LogP contribution in [0.5, 0.6) is 5.88 Å². The second-order valence-electron chi connectivity index (χ2n) is 6.47. The zero-order valence-corrected chi connectivity index (χ0v) is 17.6. The summed E-state index contributed by atoms with van der Waals surface area (Å²) in [6.45, 7) is 1.27. The normalized spacial score (nSPS) is 20.3. The number of carbonyl (C=O) groups is 4. The molecule has 1 aromatic rings. The van der Waals surface area contributed by atoms with Gasteiger partial charge in [-0.3, -0.25) is 19.3 Å². The molecule has 2 amide bonds. The first kappa shape index (κ1) is 21.9. The number of aliphatic carboxylic acids is 1. The van der Waals surface area contributed by atoms with Gasteiger partial charge >= 0.3 is 5.97 Å². The molecule has 1 saturated heterocycles. The Morgan fingerprint density at radius 1 is 1.47 bits per heavy atom. The summed E-state index contributed by atoms with van der Waals surface area (Å²) in [6.07, 6.45) is -0.338. The van der Waals surface area contributed by atoms with Crippen LogP contribution in [0.15, 0.2) is 28.4 Å². The number of nitrogens with zero attached hydrogens (tertiary/aromatic N) is 3. The lowest BCUT2D eigenvalue weighted by Gasteiger charge is -2.49. The molecule has 0 aliphatic carbocycles. The van der Waals surface area contributed by atoms with Crippen LogP contribution in [0.3, 0.4) is 0 Å². The zero-order valence-electron chi connectivity index (χ0n) is 16.0. The number of ketones is 1. The van der Waals surface area contributed by atoms with Crippen LogP contribution >= 0.6 is 23.5 Å². The molecule has 1 unspecified atom stereocenters. The third kappa shape index (κ3) is 4.36. The van der Waals surface area contributed by atoms with E-state index in [-0.39, 0.29) is 34.6 Å². The fourth-order valence-electron chi connectivity index (χ4n) is 3.00. The minimum Gasteiger partial charge on any atom is -0.593 e. The highest BCUT2D eigenvalue weighted by atomic mass is 32.2. The molecule has 2 N–H and O–H groups in total. The summed E-state index contributed by atoms with van der Waals surface area (Å²) >= 11 is 2.40. The Morgan fingerprint density at radius 2 is 2.20 bits per heavy atom. The molecule has 0 saturated carbocycles. The molecule has 0 aromatic carbocycles. The molecule has 3 rings (SSSR count). The van der Waals surface area contributed by atoms with Crippen molar-refractivity contribution in [3.8, 4) is 5.88 Å². The van der Waals surface area contributed by atoms with Gasteiger partial charge in [0, 0.05) is 23.6 Å². The fraction of sp³-hybridized carbons (Fsp3) is 0.412.